The molecule has 0 bridgehead atoms. The number of ether oxygens (including phenoxy) is 1. The van der Waals surface area contributed by atoms with Crippen LogP contribution in [0.5, 0.6) is 0 Å². The minimum Gasteiger partial charge on any atom is -0.370 e. The Hall–Kier alpha value is -0.820. The van der Waals surface area contributed by atoms with Crippen LogP contribution in [0.25, 0.3) is 0 Å². The van der Waals surface area contributed by atoms with E-state index in [1.54, 1.807) is 0 Å². The highest BCUT2D eigenvalue weighted by Gasteiger charge is 2.38. The lowest BCUT2D eigenvalue weighted by Gasteiger charge is -2.10. The fourth-order valence-electron chi connectivity index (χ4n) is 2.47. The highest BCUT2D eigenvalue weighted by molar-refractivity contribution is 5.29. The molecule has 0 spiro atoms. The number of aryl methyl sites for hydroxylation is 2. The van der Waals surface area contributed by atoms with E-state index in [0.717, 1.165) is 6.42 Å². The Morgan fingerprint density at radius 2 is 1.73 bits per heavy atom. The second-order valence-electron chi connectivity index (χ2n) is 4.98. The molecule has 0 aromatic heterocycles. The van der Waals surface area contributed by atoms with E-state index >= 15 is 0 Å². The molecule has 1 aliphatic rings. The van der Waals surface area contributed by atoms with Gasteiger partial charge in [-0.2, -0.15) is 0 Å². The molecule has 82 valence electrons. The minimum atomic E-state index is 0.478. The lowest BCUT2D eigenvalue weighted by Crippen LogP contribution is -2.09. The second-order valence-corrected chi connectivity index (χ2v) is 4.98. The summed E-state index contributed by atoms with van der Waals surface area (Å²) in [4.78, 5) is 0. The van der Waals surface area contributed by atoms with Crippen LogP contribution in [-0.4, -0.2) is 12.2 Å². The van der Waals surface area contributed by atoms with Crippen LogP contribution in [0.2, 0.25) is 0 Å². The lowest BCUT2D eigenvalue weighted by atomic mass is 9.95. The first-order valence-corrected chi connectivity index (χ1v) is 5.79. The monoisotopic (exact) mass is 204 g/mol. The van der Waals surface area contributed by atoms with Gasteiger partial charge in [0.05, 0.1) is 12.2 Å². The largest absolute Gasteiger partial charge is 0.370 e. The average molecular weight is 204 g/mol. The molecule has 2 rings (SSSR count). The molecule has 3 unspecified atom stereocenters. The summed E-state index contributed by atoms with van der Waals surface area (Å²) < 4.78 is 5.51. The van der Waals surface area contributed by atoms with Crippen LogP contribution in [0.4, 0.5) is 0 Å². The maximum Gasteiger partial charge on any atom is 0.0867 e. The van der Waals surface area contributed by atoms with Gasteiger partial charge in [-0.3, -0.25) is 0 Å². The molecule has 1 heteroatoms. The van der Waals surface area contributed by atoms with Gasteiger partial charge in [0.2, 0.25) is 0 Å². The molecule has 1 aliphatic heterocycles. The Morgan fingerprint density at radius 3 is 2.20 bits per heavy atom. The van der Waals surface area contributed by atoms with Crippen molar-refractivity contribution >= 4 is 0 Å². The highest BCUT2D eigenvalue weighted by Crippen LogP contribution is 2.31. The molecular formula is C14H20O. The van der Waals surface area contributed by atoms with Crippen LogP contribution in [-0.2, 0) is 11.2 Å². The number of benzene rings is 1. The summed E-state index contributed by atoms with van der Waals surface area (Å²) in [6.45, 7) is 8.77. The third kappa shape index (κ3) is 2.60. The zero-order chi connectivity index (χ0) is 11.0. The smallest absolute Gasteiger partial charge is 0.0867 e. The standard InChI is InChI=1S/C14H20O/c1-9-5-10(2)7-13(6-9)8-11(3)14-12(4)15-14/h5-7,11-12,14H,8H2,1-4H3. The van der Waals surface area contributed by atoms with E-state index in [1.165, 1.54) is 16.7 Å². The van der Waals surface area contributed by atoms with E-state index in [2.05, 4.69) is 45.9 Å². The van der Waals surface area contributed by atoms with Crippen LogP contribution in [0.15, 0.2) is 18.2 Å². The van der Waals surface area contributed by atoms with Crippen molar-refractivity contribution in [3.8, 4) is 0 Å². The summed E-state index contributed by atoms with van der Waals surface area (Å²) in [5.74, 6) is 0.640. The highest BCUT2D eigenvalue weighted by atomic mass is 16.6. The Kier molecular flexibility index (Phi) is 2.83. The van der Waals surface area contributed by atoms with E-state index in [9.17, 15) is 0 Å². The second kappa shape index (κ2) is 3.97. The van der Waals surface area contributed by atoms with Gasteiger partial charge >= 0.3 is 0 Å². The third-order valence-corrected chi connectivity index (χ3v) is 3.16. The van der Waals surface area contributed by atoms with Crippen molar-refractivity contribution in [1.29, 1.82) is 0 Å². The van der Waals surface area contributed by atoms with Gasteiger partial charge in [0, 0.05) is 0 Å². The van der Waals surface area contributed by atoms with E-state index in [4.69, 9.17) is 4.74 Å². The van der Waals surface area contributed by atoms with Crippen molar-refractivity contribution in [3.05, 3.63) is 34.9 Å². The SMILES string of the molecule is Cc1cc(C)cc(CC(C)C2OC2C)c1. The maximum absolute atomic E-state index is 5.51. The predicted octanol–water partition coefficient (Wildman–Crippen LogP) is 3.27. The fraction of sp³-hybridized carbons (Fsp3) is 0.571. The molecule has 1 saturated heterocycles. The van der Waals surface area contributed by atoms with Crippen molar-refractivity contribution < 1.29 is 4.74 Å². The van der Waals surface area contributed by atoms with Gasteiger partial charge in [-0.05, 0) is 38.7 Å². The molecule has 0 N–H and O–H groups in total. The summed E-state index contributed by atoms with van der Waals surface area (Å²) in [7, 11) is 0. The first kappa shape index (κ1) is 10.7. The Morgan fingerprint density at radius 1 is 1.20 bits per heavy atom. The van der Waals surface area contributed by atoms with Crippen molar-refractivity contribution in [2.24, 2.45) is 5.92 Å². The Bertz CT molecular complexity index is 336. The molecule has 1 aromatic rings. The zero-order valence-corrected chi connectivity index (χ0v) is 10.1. The van der Waals surface area contributed by atoms with Gasteiger partial charge in [0.25, 0.3) is 0 Å². The summed E-state index contributed by atoms with van der Waals surface area (Å²) in [6, 6.07) is 6.80. The van der Waals surface area contributed by atoms with Gasteiger partial charge in [-0.25, -0.2) is 0 Å². The van der Waals surface area contributed by atoms with E-state index < -0.39 is 0 Å². The average Bonchev–Trinajstić information content (AvgIpc) is 2.80. The first-order chi connectivity index (χ1) is 7.06. The molecule has 0 saturated carbocycles. The molecule has 1 nitrogen and oxygen atoms in total. The normalized spacial score (nSPS) is 26.4. The summed E-state index contributed by atoms with van der Waals surface area (Å²) in [5.41, 5.74) is 4.17. The third-order valence-electron chi connectivity index (χ3n) is 3.16. The van der Waals surface area contributed by atoms with Crippen LogP contribution >= 0.6 is 0 Å². The number of epoxide rings is 1. The molecule has 15 heavy (non-hydrogen) atoms. The molecule has 3 atom stereocenters. The van der Waals surface area contributed by atoms with E-state index in [0.29, 0.717) is 18.1 Å². The molecule has 1 aromatic carbocycles. The van der Waals surface area contributed by atoms with Gasteiger partial charge < -0.3 is 4.74 Å². The summed E-state index contributed by atoms with van der Waals surface area (Å²) in [5, 5.41) is 0. The summed E-state index contributed by atoms with van der Waals surface area (Å²) in [6.07, 6.45) is 2.11. The van der Waals surface area contributed by atoms with Gasteiger partial charge in [-0.15, -0.1) is 0 Å². The van der Waals surface area contributed by atoms with Crippen molar-refractivity contribution in [3.63, 3.8) is 0 Å². The molecule has 1 heterocycles. The minimum absolute atomic E-state index is 0.478. The lowest BCUT2D eigenvalue weighted by molar-refractivity contribution is 0.328. The zero-order valence-electron chi connectivity index (χ0n) is 10.1. The first-order valence-electron chi connectivity index (χ1n) is 5.79. The number of rotatable bonds is 3. The molecule has 1 fully saturated rings. The Balaban J connectivity index is 2.03. The van der Waals surface area contributed by atoms with Gasteiger partial charge in [0.15, 0.2) is 0 Å². The van der Waals surface area contributed by atoms with E-state index in [-0.39, 0.29) is 0 Å². The number of hydrogen-bond donors (Lipinski definition) is 0. The topological polar surface area (TPSA) is 12.5 Å². The van der Waals surface area contributed by atoms with Crippen LogP contribution in [0.1, 0.15) is 30.5 Å². The van der Waals surface area contributed by atoms with Crippen LogP contribution in [0.3, 0.4) is 0 Å². The van der Waals surface area contributed by atoms with Crippen LogP contribution in [0, 0.1) is 19.8 Å². The van der Waals surface area contributed by atoms with Gasteiger partial charge in [0.1, 0.15) is 0 Å². The summed E-state index contributed by atoms with van der Waals surface area (Å²) >= 11 is 0. The van der Waals surface area contributed by atoms with Crippen LogP contribution < -0.4 is 0 Å². The molecule has 0 amide bonds. The Labute approximate surface area is 92.5 Å². The predicted molar refractivity (Wildman–Crippen MR) is 63.1 cm³/mol. The molecular weight excluding hydrogens is 184 g/mol. The maximum atomic E-state index is 5.51. The van der Waals surface area contributed by atoms with Crippen molar-refractivity contribution in [1.82, 2.24) is 0 Å². The molecule has 0 radical (unpaired) electrons. The molecule has 0 aliphatic carbocycles. The van der Waals surface area contributed by atoms with Crippen molar-refractivity contribution in [2.75, 3.05) is 0 Å². The number of hydrogen-bond acceptors (Lipinski definition) is 1. The quantitative estimate of drug-likeness (QED) is 0.688. The van der Waals surface area contributed by atoms with Crippen molar-refractivity contribution in [2.45, 2.75) is 46.3 Å². The van der Waals surface area contributed by atoms with Gasteiger partial charge in [-0.1, -0.05) is 36.2 Å². The fourth-order valence-corrected chi connectivity index (χ4v) is 2.47. The van der Waals surface area contributed by atoms with E-state index in [1.807, 2.05) is 0 Å².